The summed E-state index contributed by atoms with van der Waals surface area (Å²) in [5, 5.41) is 13.1. The molecule has 0 bridgehead atoms. The van der Waals surface area contributed by atoms with Crippen molar-refractivity contribution in [3.8, 4) is 17.2 Å². The molecule has 1 saturated carbocycles. The number of nitrogens with two attached hydrogens (primary N) is 1. The average Bonchev–Trinajstić information content (AvgIpc) is 3.57. The second-order valence-electron chi connectivity index (χ2n) is 8.49. The van der Waals surface area contributed by atoms with E-state index in [2.05, 4.69) is 16.4 Å². The molecule has 3 N–H and O–H groups in total. The predicted octanol–water partition coefficient (Wildman–Crippen LogP) is 5.42. The van der Waals surface area contributed by atoms with E-state index in [0.717, 1.165) is 22.1 Å². The van der Waals surface area contributed by atoms with Crippen molar-refractivity contribution in [3.63, 3.8) is 0 Å². The first-order valence-corrected chi connectivity index (χ1v) is 10.7. The minimum absolute atomic E-state index is 0.226. The molecule has 1 aliphatic rings. The van der Waals surface area contributed by atoms with Crippen LogP contribution in [0.1, 0.15) is 35.2 Å². The number of benzene rings is 2. The van der Waals surface area contributed by atoms with Gasteiger partial charge in [-0.3, -0.25) is 9.59 Å². The number of aromatic nitrogens is 1. The Balaban J connectivity index is 1.59. The van der Waals surface area contributed by atoms with Gasteiger partial charge in [0.05, 0.1) is 24.3 Å². The molecule has 4 rings (SSSR count). The fraction of sp³-hybridized carbons (Fsp3) is 0.280. The zero-order valence-corrected chi connectivity index (χ0v) is 18.2. The van der Waals surface area contributed by atoms with Gasteiger partial charge in [0, 0.05) is 29.3 Å². The standard InChI is InChI=1S/C25H21F3N4O2/c1-13-6-14(22(33)4-5-25(26,27)28)2-3-18(13)15-7-16-10-23(31-12-20(16)21(30)9-15)32-24(34)19-8-17(19)11-29/h2-3,6-7,9-10,12,17,19H,4-5,8,30H2,1H3,(H,31,32,34)/t17-,19+/m1/s1. The fourth-order valence-electron chi connectivity index (χ4n) is 3.92. The molecule has 1 aliphatic carbocycles. The summed E-state index contributed by atoms with van der Waals surface area (Å²) in [5.41, 5.74) is 9.17. The molecular weight excluding hydrogens is 445 g/mol. The number of pyridine rings is 1. The summed E-state index contributed by atoms with van der Waals surface area (Å²) in [6.07, 6.45) is -4.02. The highest BCUT2D eigenvalue weighted by atomic mass is 19.4. The summed E-state index contributed by atoms with van der Waals surface area (Å²) in [5.74, 6) is -1.04. The number of nitrogens with zero attached hydrogens (tertiary/aromatic N) is 2. The normalized spacial score (nSPS) is 17.3. The number of carbonyl (C=O) groups excluding carboxylic acids is 2. The Morgan fingerprint density at radius 2 is 2.00 bits per heavy atom. The Morgan fingerprint density at radius 3 is 2.65 bits per heavy atom. The lowest BCUT2D eigenvalue weighted by Crippen LogP contribution is -2.15. The molecule has 1 fully saturated rings. The molecule has 34 heavy (non-hydrogen) atoms. The number of hydrogen-bond donors (Lipinski definition) is 2. The molecule has 2 atom stereocenters. The molecule has 0 saturated heterocycles. The second-order valence-corrected chi connectivity index (χ2v) is 8.49. The first-order valence-electron chi connectivity index (χ1n) is 10.7. The molecule has 0 radical (unpaired) electrons. The molecule has 9 heteroatoms. The van der Waals surface area contributed by atoms with Crippen LogP contribution >= 0.6 is 0 Å². The zero-order chi connectivity index (χ0) is 24.6. The number of alkyl halides is 3. The first kappa shape index (κ1) is 23.2. The van der Waals surface area contributed by atoms with Gasteiger partial charge in [0.15, 0.2) is 5.78 Å². The topological polar surface area (TPSA) is 109 Å². The molecule has 1 aromatic heterocycles. The van der Waals surface area contributed by atoms with Crippen molar-refractivity contribution in [2.24, 2.45) is 11.8 Å². The predicted molar refractivity (Wildman–Crippen MR) is 122 cm³/mol. The third-order valence-corrected chi connectivity index (χ3v) is 5.91. The van der Waals surface area contributed by atoms with Gasteiger partial charge >= 0.3 is 6.18 Å². The lowest BCUT2D eigenvalue weighted by molar-refractivity contribution is -0.133. The van der Waals surface area contributed by atoms with Crippen LogP contribution in [0.3, 0.4) is 0 Å². The summed E-state index contributed by atoms with van der Waals surface area (Å²) < 4.78 is 37.3. The number of fused-ring (bicyclic) bond motifs is 1. The number of rotatable bonds is 6. The van der Waals surface area contributed by atoms with Crippen molar-refractivity contribution >= 4 is 34.0 Å². The van der Waals surface area contributed by atoms with Gasteiger partial charge in [-0.1, -0.05) is 12.1 Å². The maximum Gasteiger partial charge on any atom is 0.389 e. The summed E-state index contributed by atoms with van der Waals surface area (Å²) >= 11 is 0. The number of carbonyl (C=O) groups is 2. The van der Waals surface area contributed by atoms with Gasteiger partial charge in [-0.2, -0.15) is 18.4 Å². The minimum atomic E-state index is -4.38. The molecule has 1 amide bonds. The van der Waals surface area contributed by atoms with E-state index in [1.165, 1.54) is 6.07 Å². The average molecular weight is 466 g/mol. The SMILES string of the molecule is Cc1cc(C(=O)CCC(F)(F)F)ccc1-c1cc(N)c2cnc(NC(=O)[C@H]3C[C@@H]3C#N)cc2c1. The number of nitrogens with one attached hydrogen (secondary N) is 1. The summed E-state index contributed by atoms with van der Waals surface area (Å²) in [6, 6.07) is 12.2. The van der Waals surface area contributed by atoms with Gasteiger partial charge in [-0.15, -0.1) is 0 Å². The largest absolute Gasteiger partial charge is 0.398 e. The number of hydrogen-bond acceptors (Lipinski definition) is 5. The zero-order valence-electron chi connectivity index (χ0n) is 18.2. The van der Waals surface area contributed by atoms with Gasteiger partial charge in [0.1, 0.15) is 5.82 Å². The van der Waals surface area contributed by atoms with E-state index in [9.17, 15) is 22.8 Å². The van der Waals surface area contributed by atoms with Gasteiger partial charge in [-0.25, -0.2) is 4.98 Å². The first-order chi connectivity index (χ1) is 16.1. The van der Waals surface area contributed by atoms with Gasteiger partial charge in [-0.05, 0) is 59.7 Å². The van der Waals surface area contributed by atoms with Gasteiger partial charge < -0.3 is 11.1 Å². The van der Waals surface area contributed by atoms with E-state index in [1.807, 2.05) is 6.07 Å². The van der Waals surface area contributed by atoms with Crippen LogP contribution in [0, 0.1) is 30.1 Å². The number of anilines is 2. The Kier molecular flexibility index (Phi) is 6.00. The van der Waals surface area contributed by atoms with E-state index in [1.54, 1.807) is 37.4 Å². The van der Waals surface area contributed by atoms with E-state index in [4.69, 9.17) is 11.0 Å². The smallest absolute Gasteiger partial charge is 0.389 e. The summed E-state index contributed by atoms with van der Waals surface area (Å²) in [6.45, 7) is 1.77. The van der Waals surface area contributed by atoms with Crippen LogP contribution in [0.5, 0.6) is 0 Å². The fourth-order valence-corrected chi connectivity index (χ4v) is 3.92. The highest BCUT2D eigenvalue weighted by Gasteiger charge is 2.43. The molecule has 0 aliphatic heterocycles. The lowest BCUT2D eigenvalue weighted by Gasteiger charge is -2.12. The molecule has 174 valence electrons. The van der Waals surface area contributed by atoms with Crippen molar-refractivity contribution in [1.29, 1.82) is 5.26 Å². The van der Waals surface area contributed by atoms with E-state index < -0.39 is 24.8 Å². The molecule has 2 aromatic carbocycles. The minimum Gasteiger partial charge on any atom is -0.398 e. The number of nitriles is 1. The number of amides is 1. The Labute approximate surface area is 193 Å². The van der Waals surface area contributed by atoms with Crippen LogP contribution in [0.15, 0.2) is 42.6 Å². The third kappa shape index (κ3) is 5.01. The Bertz CT molecular complexity index is 1340. The van der Waals surface area contributed by atoms with Crippen LogP contribution in [0.2, 0.25) is 0 Å². The number of halogens is 3. The number of Topliss-reactive ketones (excluding diaryl/α,β-unsaturated/α-hetero) is 1. The lowest BCUT2D eigenvalue weighted by atomic mass is 9.94. The highest BCUT2D eigenvalue weighted by molar-refractivity contribution is 6.01. The van der Waals surface area contributed by atoms with Gasteiger partial charge in [0.2, 0.25) is 5.91 Å². The summed E-state index contributed by atoms with van der Waals surface area (Å²) in [4.78, 5) is 28.7. The number of ketones is 1. The molecule has 3 aromatic rings. The molecule has 0 unspecified atom stereocenters. The van der Waals surface area contributed by atoms with Crippen LogP contribution in [-0.4, -0.2) is 22.9 Å². The highest BCUT2D eigenvalue weighted by Crippen LogP contribution is 2.39. The van der Waals surface area contributed by atoms with Crippen LogP contribution < -0.4 is 11.1 Å². The maximum atomic E-state index is 12.4. The maximum absolute atomic E-state index is 12.4. The molecule has 0 spiro atoms. The van der Waals surface area contributed by atoms with Crippen molar-refractivity contribution in [3.05, 3.63) is 53.7 Å². The van der Waals surface area contributed by atoms with Crippen LogP contribution in [-0.2, 0) is 4.79 Å². The number of nitrogen functional groups attached to an aromatic ring is 1. The monoisotopic (exact) mass is 466 g/mol. The summed E-state index contributed by atoms with van der Waals surface area (Å²) in [7, 11) is 0. The third-order valence-electron chi connectivity index (χ3n) is 5.91. The van der Waals surface area contributed by atoms with Crippen molar-refractivity contribution < 1.29 is 22.8 Å². The number of aryl methyl sites for hydroxylation is 1. The van der Waals surface area contributed by atoms with Crippen molar-refractivity contribution in [1.82, 2.24) is 4.98 Å². The molecule has 6 nitrogen and oxygen atoms in total. The second kappa shape index (κ2) is 8.78. The van der Waals surface area contributed by atoms with E-state index in [-0.39, 0.29) is 23.3 Å². The van der Waals surface area contributed by atoms with E-state index >= 15 is 0 Å². The van der Waals surface area contributed by atoms with Crippen LogP contribution in [0.25, 0.3) is 21.9 Å². The van der Waals surface area contributed by atoms with Crippen molar-refractivity contribution in [2.75, 3.05) is 11.1 Å². The Hall–Kier alpha value is -3.93. The molecular formula is C25H21F3N4O2. The van der Waals surface area contributed by atoms with E-state index in [0.29, 0.717) is 23.3 Å². The Morgan fingerprint density at radius 1 is 1.24 bits per heavy atom. The quantitative estimate of drug-likeness (QED) is 0.373. The van der Waals surface area contributed by atoms with Crippen LogP contribution in [0.4, 0.5) is 24.7 Å². The molecule has 1 heterocycles. The van der Waals surface area contributed by atoms with Gasteiger partial charge in [0.25, 0.3) is 0 Å². The van der Waals surface area contributed by atoms with Crippen molar-refractivity contribution in [2.45, 2.75) is 32.4 Å².